The molecule has 2 unspecified atom stereocenters. The first-order chi connectivity index (χ1) is 13.6. The van der Waals surface area contributed by atoms with Gasteiger partial charge in [-0.2, -0.15) is 0 Å². The number of fused-ring (bicyclic) bond motifs is 1. The molecule has 7 heteroatoms. The highest BCUT2D eigenvalue weighted by Crippen LogP contribution is 2.36. The largest absolute Gasteiger partial charge is 0.494 e. The van der Waals surface area contributed by atoms with Crippen molar-refractivity contribution in [3.63, 3.8) is 0 Å². The molecule has 1 aliphatic carbocycles. The first-order valence-electron chi connectivity index (χ1n) is 9.50. The van der Waals surface area contributed by atoms with Crippen molar-refractivity contribution in [3.05, 3.63) is 58.4 Å². The number of aliphatic hydroxyl groups excluding tert-OH is 2. The number of halogens is 1. The number of methoxy groups -OCH3 is 1. The number of urea groups is 1. The van der Waals surface area contributed by atoms with E-state index < -0.39 is 24.0 Å². The predicted molar refractivity (Wildman–Crippen MR) is 109 cm³/mol. The lowest BCUT2D eigenvalue weighted by Gasteiger charge is -2.24. The number of nitrogens with one attached hydrogen (secondary N) is 2. The molecule has 0 saturated carbocycles. The zero-order chi connectivity index (χ0) is 21.3. The topological polar surface area (TPSA) is 90.8 Å². The van der Waals surface area contributed by atoms with Gasteiger partial charge in [-0.1, -0.05) is 26.8 Å². The summed E-state index contributed by atoms with van der Waals surface area (Å²) in [7, 11) is 1.47. The Morgan fingerprint density at radius 2 is 2.00 bits per heavy atom. The van der Waals surface area contributed by atoms with E-state index in [1.165, 1.54) is 19.2 Å². The number of rotatable bonds is 4. The van der Waals surface area contributed by atoms with Crippen LogP contribution < -0.4 is 15.4 Å². The van der Waals surface area contributed by atoms with Crippen LogP contribution in [0.15, 0.2) is 30.3 Å². The van der Waals surface area contributed by atoms with E-state index in [0.717, 1.165) is 11.1 Å². The van der Waals surface area contributed by atoms with Crippen LogP contribution in [0.2, 0.25) is 0 Å². The van der Waals surface area contributed by atoms with E-state index in [1.54, 1.807) is 6.07 Å². The SMILES string of the molecule is COc1c(CO)cc(C(C)(C)C)cc1NC(=O)NC1Cc2ccc(F)cc2C1O. The van der Waals surface area contributed by atoms with Gasteiger partial charge in [0.25, 0.3) is 0 Å². The van der Waals surface area contributed by atoms with Crippen molar-refractivity contribution in [2.24, 2.45) is 0 Å². The molecule has 3 rings (SSSR count). The van der Waals surface area contributed by atoms with E-state index in [2.05, 4.69) is 10.6 Å². The van der Waals surface area contributed by atoms with Crippen molar-refractivity contribution in [2.45, 2.75) is 51.4 Å². The molecule has 2 amide bonds. The minimum atomic E-state index is -0.984. The van der Waals surface area contributed by atoms with Crippen molar-refractivity contribution in [1.29, 1.82) is 0 Å². The van der Waals surface area contributed by atoms with Gasteiger partial charge in [0, 0.05) is 5.56 Å². The number of carbonyl (C=O) groups is 1. The normalized spacial score (nSPS) is 18.3. The summed E-state index contributed by atoms with van der Waals surface area (Å²) in [6, 6.07) is 6.84. The standard InChI is InChI=1S/C22H27FN2O4/c1-22(2,3)14-7-13(11-26)20(29-4)18(9-14)25-21(28)24-17-8-12-5-6-15(23)10-16(12)19(17)27/h5-7,9-10,17,19,26-27H,8,11H2,1-4H3,(H2,24,25,28). The quantitative estimate of drug-likeness (QED) is 0.631. The van der Waals surface area contributed by atoms with Crippen molar-refractivity contribution in [2.75, 3.05) is 12.4 Å². The lowest BCUT2D eigenvalue weighted by atomic mass is 9.85. The van der Waals surface area contributed by atoms with Crippen LogP contribution in [0.4, 0.5) is 14.9 Å². The molecule has 0 spiro atoms. The van der Waals surface area contributed by atoms with Gasteiger partial charge in [-0.05, 0) is 52.8 Å². The molecule has 2 aromatic rings. The summed E-state index contributed by atoms with van der Waals surface area (Å²) in [5.74, 6) is -0.0406. The fourth-order valence-electron chi connectivity index (χ4n) is 3.62. The first kappa shape index (κ1) is 21.1. The second-order valence-electron chi connectivity index (χ2n) is 8.32. The van der Waals surface area contributed by atoms with E-state index in [-0.39, 0.29) is 12.0 Å². The zero-order valence-electron chi connectivity index (χ0n) is 17.0. The molecule has 156 valence electrons. The molecule has 4 N–H and O–H groups in total. The summed E-state index contributed by atoms with van der Waals surface area (Å²) in [5, 5.41) is 25.7. The van der Waals surface area contributed by atoms with Crippen LogP contribution in [-0.2, 0) is 18.4 Å². The molecule has 0 bridgehead atoms. The Kier molecular flexibility index (Phi) is 5.82. The summed E-state index contributed by atoms with van der Waals surface area (Å²) >= 11 is 0. The minimum absolute atomic E-state index is 0.198. The molecule has 0 aromatic heterocycles. The van der Waals surface area contributed by atoms with Crippen LogP contribution in [0.5, 0.6) is 5.75 Å². The van der Waals surface area contributed by atoms with Crippen molar-refractivity contribution < 1.29 is 24.1 Å². The highest BCUT2D eigenvalue weighted by Gasteiger charge is 2.32. The van der Waals surface area contributed by atoms with Crippen LogP contribution in [0.1, 0.15) is 49.1 Å². The smallest absolute Gasteiger partial charge is 0.319 e. The molecule has 2 aromatic carbocycles. The molecular weight excluding hydrogens is 375 g/mol. The molecule has 0 fully saturated rings. The molecule has 0 heterocycles. The number of amides is 2. The van der Waals surface area contributed by atoms with Crippen molar-refractivity contribution in [1.82, 2.24) is 5.32 Å². The van der Waals surface area contributed by atoms with Gasteiger partial charge in [-0.25, -0.2) is 9.18 Å². The van der Waals surface area contributed by atoms with Gasteiger partial charge in [-0.15, -0.1) is 0 Å². The number of hydrogen-bond acceptors (Lipinski definition) is 4. The summed E-state index contributed by atoms with van der Waals surface area (Å²) in [4.78, 5) is 12.6. The number of anilines is 1. The van der Waals surface area contributed by atoms with Crippen molar-refractivity contribution in [3.8, 4) is 5.75 Å². The maximum Gasteiger partial charge on any atom is 0.319 e. The molecule has 1 aliphatic rings. The first-order valence-corrected chi connectivity index (χ1v) is 9.50. The Hall–Kier alpha value is -2.64. The maximum absolute atomic E-state index is 13.5. The molecule has 0 aliphatic heterocycles. The third kappa shape index (κ3) is 4.36. The molecule has 0 radical (unpaired) electrons. The monoisotopic (exact) mass is 402 g/mol. The molecule has 0 saturated heterocycles. The van der Waals surface area contributed by atoms with E-state index in [4.69, 9.17) is 4.74 Å². The van der Waals surface area contributed by atoms with Crippen LogP contribution >= 0.6 is 0 Å². The number of benzene rings is 2. The second-order valence-corrected chi connectivity index (χ2v) is 8.32. The zero-order valence-corrected chi connectivity index (χ0v) is 17.0. The van der Waals surface area contributed by atoms with Crippen molar-refractivity contribution >= 4 is 11.7 Å². The average molecular weight is 402 g/mol. The number of aliphatic hydroxyl groups is 2. The number of ether oxygens (including phenoxy) is 1. The average Bonchev–Trinajstić information content (AvgIpc) is 2.95. The summed E-state index contributed by atoms with van der Waals surface area (Å²) in [6.45, 7) is 5.87. The second kappa shape index (κ2) is 8.00. The van der Waals surface area contributed by atoms with Gasteiger partial charge in [-0.3, -0.25) is 0 Å². The fraction of sp³-hybridized carbons (Fsp3) is 0.409. The van der Waals surface area contributed by atoms with E-state index in [1.807, 2.05) is 32.9 Å². The predicted octanol–water partition coefficient (Wildman–Crippen LogP) is 3.40. The molecule has 29 heavy (non-hydrogen) atoms. The van der Waals surface area contributed by atoms with Gasteiger partial charge in [0.15, 0.2) is 0 Å². The minimum Gasteiger partial charge on any atom is -0.494 e. The highest BCUT2D eigenvalue weighted by atomic mass is 19.1. The summed E-state index contributed by atoms with van der Waals surface area (Å²) in [5.41, 5.74) is 3.03. The van der Waals surface area contributed by atoms with Gasteiger partial charge < -0.3 is 25.6 Å². The molecule has 2 atom stereocenters. The van der Waals surface area contributed by atoms with Gasteiger partial charge in [0.1, 0.15) is 11.6 Å². The van der Waals surface area contributed by atoms with Gasteiger partial charge >= 0.3 is 6.03 Å². The fourth-order valence-corrected chi connectivity index (χ4v) is 3.62. The Morgan fingerprint density at radius 1 is 1.28 bits per heavy atom. The Morgan fingerprint density at radius 3 is 2.62 bits per heavy atom. The Balaban J connectivity index is 1.80. The van der Waals surface area contributed by atoms with E-state index >= 15 is 0 Å². The van der Waals surface area contributed by atoms with Crippen LogP contribution in [0.3, 0.4) is 0 Å². The van der Waals surface area contributed by atoms with E-state index in [0.29, 0.717) is 29.0 Å². The third-order valence-corrected chi connectivity index (χ3v) is 5.22. The van der Waals surface area contributed by atoms with Crippen LogP contribution in [-0.4, -0.2) is 29.4 Å². The van der Waals surface area contributed by atoms with Gasteiger partial charge in [0.2, 0.25) is 0 Å². The third-order valence-electron chi connectivity index (χ3n) is 5.22. The highest BCUT2D eigenvalue weighted by molar-refractivity contribution is 5.92. The van der Waals surface area contributed by atoms with Crippen LogP contribution in [0, 0.1) is 5.82 Å². The molecule has 6 nitrogen and oxygen atoms in total. The Labute approximate surface area is 169 Å². The summed E-state index contributed by atoms with van der Waals surface area (Å²) < 4.78 is 18.9. The van der Waals surface area contributed by atoms with E-state index in [9.17, 15) is 19.4 Å². The summed E-state index contributed by atoms with van der Waals surface area (Å²) in [6.07, 6.45) is -0.576. The maximum atomic E-state index is 13.5. The van der Waals surface area contributed by atoms with Gasteiger partial charge in [0.05, 0.1) is 31.5 Å². The lowest BCUT2D eigenvalue weighted by Crippen LogP contribution is -2.40. The Bertz CT molecular complexity index is 924. The molecular formula is C22H27FN2O4. The number of carbonyl (C=O) groups excluding carboxylic acids is 1. The van der Waals surface area contributed by atoms with Crippen LogP contribution in [0.25, 0.3) is 0 Å². The number of hydrogen-bond donors (Lipinski definition) is 4. The lowest BCUT2D eigenvalue weighted by molar-refractivity contribution is 0.144.